The van der Waals surface area contributed by atoms with Crippen molar-refractivity contribution in [2.75, 3.05) is 32.1 Å². The molecule has 0 aliphatic carbocycles. The van der Waals surface area contributed by atoms with Crippen LogP contribution in [-0.4, -0.2) is 43.7 Å². The molecule has 2 unspecified atom stereocenters. The van der Waals surface area contributed by atoms with Gasteiger partial charge in [-0.3, -0.25) is 4.79 Å². The van der Waals surface area contributed by atoms with Crippen LogP contribution in [0.2, 0.25) is 0 Å². The number of hydrogen-bond acceptors (Lipinski definition) is 4. The van der Waals surface area contributed by atoms with E-state index in [-0.39, 0.29) is 17.9 Å². The van der Waals surface area contributed by atoms with Crippen molar-refractivity contribution < 1.29 is 9.53 Å². The zero-order valence-corrected chi connectivity index (χ0v) is 14.7. The number of piperidine rings is 1. The van der Waals surface area contributed by atoms with Crippen LogP contribution in [0.4, 0.5) is 5.69 Å². The minimum Gasteiger partial charge on any atom is -0.469 e. The molecule has 132 valence electrons. The van der Waals surface area contributed by atoms with E-state index >= 15 is 0 Å². The van der Waals surface area contributed by atoms with Gasteiger partial charge in [0.1, 0.15) is 0 Å². The van der Waals surface area contributed by atoms with Gasteiger partial charge < -0.3 is 15.0 Å². The van der Waals surface area contributed by atoms with E-state index in [4.69, 9.17) is 4.74 Å². The molecule has 4 heteroatoms. The molecule has 0 radical (unpaired) electrons. The minimum absolute atomic E-state index is 0.114. The van der Waals surface area contributed by atoms with Crippen molar-refractivity contribution in [3.05, 3.63) is 66.2 Å². The van der Waals surface area contributed by atoms with Crippen LogP contribution in [0.1, 0.15) is 12.0 Å². The van der Waals surface area contributed by atoms with E-state index < -0.39 is 0 Å². The lowest BCUT2D eigenvalue weighted by atomic mass is 9.91. The monoisotopic (exact) mass is 338 g/mol. The molecule has 1 N–H and O–H groups in total. The van der Waals surface area contributed by atoms with E-state index in [1.54, 1.807) is 0 Å². The fraction of sp³-hybridized carbons (Fsp3) is 0.381. The highest BCUT2D eigenvalue weighted by Crippen LogP contribution is 2.23. The van der Waals surface area contributed by atoms with Crippen LogP contribution >= 0.6 is 0 Å². The maximum Gasteiger partial charge on any atom is 0.312 e. The van der Waals surface area contributed by atoms with Gasteiger partial charge in [-0.25, -0.2) is 0 Å². The molecule has 2 aromatic rings. The normalized spacial score (nSPS) is 20.8. The fourth-order valence-electron chi connectivity index (χ4n) is 3.47. The van der Waals surface area contributed by atoms with Gasteiger partial charge in [0.05, 0.1) is 13.0 Å². The molecule has 3 rings (SSSR count). The Balaban J connectivity index is 1.60. The van der Waals surface area contributed by atoms with E-state index in [0.29, 0.717) is 0 Å². The number of benzene rings is 2. The average molecular weight is 338 g/mol. The zero-order valence-electron chi connectivity index (χ0n) is 14.7. The fourth-order valence-corrected chi connectivity index (χ4v) is 3.47. The largest absolute Gasteiger partial charge is 0.469 e. The van der Waals surface area contributed by atoms with E-state index in [0.717, 1.165) is 38.2 Å². The van der Waals surface area contributed by atoms with Gasteiger partial charge >= 0.3 is 5.97 Å². The van der Waals surface area contributed by atoms with E-state index in [9.17, 15) is 4.79 Å². The topological polar surface area (TPSA) is 41.6 Å². The lowest BCUT2D eigenvalue weighted by Gasteiger charge is -2.38. The van der Waals surface area contributed by atoms with Crippen LogP contribution in [0.5, 0.6) is 0 Å². The average Bonchev–Trinajstić information content (AvgIpc) is 2.68. The van der Waals surface area contributed by atoms with Crippen LogP contribution in [0.25, 0.3) is 0 Å². The number of hydrogen-bond donors (Lipinski definition) is 1. The van der Waals surface area contributed by atoms with Crippen LogP contribution in [0, 0.1) is 5.92 Å². The van der Waals surface area contributed by atoms with Gasteiger partial charge in [0.25, 0.3) is 0 Å². The first-order valence-electron chi connectivity index (χ1n) is 8.92. The third-order valence-corrected chi connectivity index (χ3v) is 4.89. The standard InChI is InChI=1S/C21H26N2O2/c1-25-21(24)19-16-23(14-12-17-8-4-2-5-9-17)15-13-20(19)22-18-10-6-3-7-11-18/h2-11,19-20,22H,12-16H2,1H3. The first-order chi connectivity index (χ1) is 12.3. The summed E-state index contributed by atoms with van der Waals surface area (Å²) < 4.78 is 5.06. The van der Waals surface area contributed by atoms with Crippen LogP contribution < -0.4 is 5.32 Å². The van der Waals surface area contributed by atoms with Crippen molar-refractivity contribution >= 4 is 11.7 Å². The number of ether oxygens (including phenoxy) is 1. The Hall–Kier alpha value is -2.33. The summed E-state index contributed by atoms with van der Waals surface area (Å²) in [7, 11) is 1.48. The molecule has 0 bridgehead atoms. The second-order valence-electron chi connectivity index (χ2n) is 6.57. The smallest absolute Gasteiger partial charge is 0.312 e. The Kier molecular flexibility index (Phi) is 6.07. The Labute approximate surface area is 149 Å². The highest BCUT2D eigenvalue weighted by atomic mass is 16.5. The first kappa shape index (κ1) is 17.5. The van der Waals surface area contributed by atoms with E-state index in [2.05, 4.69) is 34.5 Å². The Morgan fingerprint density at radius 2 is 1.80 bits per heavy atom. The van der Waals surface area contributed by atoms with E-state index in [1.807, 2.05) is 36.4 Å². The van der Waals surface area contributed by atoms with Crippen molar-refractivity contribution in [3.63, 3.8) is 0 Å². The molecule has 0 amide bonds. The number of anilines is 1. The van der Waals surface area contributed by atoms with Gasteiger partial charge in [-0.2, -0.15) is 0 Å². The minimum atomic E-state index is -0.144. The Morgan fingerprint density at radius 1 is 1.12 bits per heavy atom. The number of para-hydroxylation sites is 1. The molecule has 0 aromatic heterocycles. The summed E-state index contributed by atoms with van der Waals surface area (Å²) in [5, 5.41) is 3.51. The number of esters is 1. The molecule has 1 fully saturated rings. The van der Waals surface area contributed by atoms with Crippen molar-refractivity contribution in [2.45, 2.75) is 18.9 Å². The second kappa shape index (κ2) is 8.67. The molecule has 0 saturated carbocycles. The predicted octanol–water partition coefficient (Wildman–Crippen LogP) is 3.20. The van der Waals surface area contributed by atoms with Crippen LogP contribution in [0.3, 0.4) is 0 Å². The van der Waals surface area contributed by atoms with Crippen molar-refractivity contribution in [3.8, 4) is 0 Å². The number of carbonyl (C=O) groups excluding carboxylic acids is 1. The molecule has 2 atom stereocenters. The molecule has 1 heterocycles. The summed E-state index contributed by atoms with van der Waals surface area (Å²) in [5.41, 5.74) is 2.39. The third kappa shape index (κ3) is 4.83. The van der Waals surface area contributed by atoms with Crippen molar-refractivity contribution in [1.29, 1.82) is 0 Å². The molecule has 1 aliphatic heterocycles. The zero-order chi connectivity index (χ0) is 17.5. The number of carbonyl (C=O) groups is 1. The summed E-state index contributed by atoms with van der Waals surface area (Å²) in [6, 6.07) is 20.7. The molecule has 1 saturated heterocycles. The van der Waals surface area contributed by atoms with Crippen molar-refractivity contribution in [1.82, 2.24) is 4.90 Å². The Bertz CT molecular complexity index is 660. The summed E-state index contributed by atoms with van der Waals surface area (Å²) in [5.74, 6) is -0.271. The third-order valence-electron chi connectivity index (χ3n) is 4.89. The molecular weight excluding hydrogens is 312 g/mol. The van der Waals surface area contributed by atoms with Gasteiger partial charge in [0.2, 0.25) is 0 Å². The summed E-state index contributed by atoms with van der Waals surface area (Å²) >= 11 is 0. The number of methoxy groups -OCH3 is 1. The summed E-state index contributed by atoms with van der Waals surface area (Å²) in [6.07, 6.45) is 1.94. The Morgan fingerprint density at radius 3 is 2.48 bits per heavy atom. The molecule has 4 nitrogen and oxygen atoms in total. The summed E-state index contributed by atoms with van der Waals surface area (Å²) in [4.78, 5) is 14.7. The summed E-state index contributed by atoms with van der Waals surface area (Å²) in [6.45, 7) is 2.70. The number of nitrogens with zero attached hydrogens (tertiary/aromatic N) is 1. The molecule has 2 aromatic carbocycles. The van der Waals surface area contributed by atoms with Crippen LogP contribution in [0.15, 0.2) is 60.7 Å². The van der Waals surface area contributed by atoms with Gasteiger partial charge in [0.15, 0.2) is 0 Å². The van der Waals surface area contributed by atoms with Gasteiger partial charge in [0, 0.05) is 31.4 Å². The first-order valence-corrected chi connectivity index (χ1v) is 8.92. The highest BCUT2D eigenvalue weighted by molar-refractivity contribution is 5.74. The van der Waals surface area contributed by atoms with Gasteiger partial charge in [-0.1, -0.05) is 48.5 Å². The van der Waals surface area contributed by atoms with Crippen LogP contribution in [-0.2, 0) is 16.0 Å². The predicted molar refractivity (Wildman–Crippen MR) is 101 cm³/mol. The SMILES string of the molecule is COC(=O)C1CN(CCc2ccccc2)CCC1Nc1ccccc1. The molecule has 1 aliphatic rings. The molecule has 25 heavy (non-hydrogen) atoms. The lowest BCUT2D eigenvalue weighted by Crippen LogP contribution is -2.50. The molecule has 0 spiro atoms. The maximum absolute atomic E-state index is 12.3. The van der Waals surface area contributed by atoms with E-state index in [1.165, 1.54) is 12.7 Å². The van der Waals surface area contributed by atoms with Gasteiger partial charge in [-0.15, -0.1) is 0 Å². The molecular formula is C21H26N2O2. The lowest BCUT2D eigenvalue weighted by molar-refractivity contribution is -0.147. The highest BCUT2D eigenvalue weighted by Gasteiger charge is 2.34. The number of likely N-dealkylation sites (tertiary alicyclic amines) is 1. The second-order valence-corrected chi connectivity index (χ2v) is 6.57. The van der Waals surface area contributed by atoms with Crippen molar-refractivity contribution in [2.24, 2.45) is 5.92 Å². The quantitative estimate of drug-likeness (QED) is 0.821. The van der Waals surface area contributed by atoms with Gasteiger partial charge in [-0.05, 0) is 30.5 Å². The number of nitrogens with one attached hydrogen (secondary N) is 1. The maximum atomic E-state index is 12.3. The number of rotatable bonds is 6.